The number of halogens is 1. The molecule has 2 N–H and O–H groups in total. The van der Waals surface area contributed by atoms with E-state index in [4.69, 9.17) is 9.47 Å². The molecule has 0 aromatic carbocycles. The van der Waals surface area contributed by atoms with Crippen LogP contribution in [0.15, 0.2) is 4.99 Å². The smallest absolute Gasteiger partial charge is 0.190 e. The minimum absolute atomic E-state index is 0. The number of hydrogen-bond donors (Lipinski definition) is 2. The molecule has 0 bridgehead atoms. The van der Waals surface area contributed by atoms with E-state index in [1.165, 1.54) is 44.9 Å². The monoisotopic (exact) mass is 453 g/mol. The second-order valence-electron chi connectivity index (χ2n) is 6.78. The normalized spacial score (nSPS) is 21.7. The zero-order chi connectivity index (χ0) is 16.2. The molecule has 1 atom stereocenters. The Labute approximate surface area is 164 Å². The number of rotatable bonds is 10. The largest absolute Gasteiger partial charge is 0.379 e. The summed E-state index contributed by atoms with van der Waals surface area (Å²) in [5.74, 6) is 1.92. The van der Waals surface area contributed by atoms with Crippen molar-refractivity contribution < 1.29 is 9.47 Å². The zero-order valence-corrected chi connectivity index (χ0v) is 17.6. The summed E-state index contributed by atoms with van der Waals surface area (Å²) in [6, 6.07) is 0. The van der Waals surface area contributed by atoms with Gasteiger partial charge >= 0.3 is 0 Å². The van der Waals surface area contributed by atoms with Crippen LogP contribution < -0.4 is 10.6 Å². The highest BCUT2D eigenvalue weighted by molar-refractivity contribution is 14.0. The quantitative estimate of drug-likeness (QED) is 0.231. The molecule has 0 spiro atoms. The van der Waals surface area contributed by atoms with Crippen LogP contribution in [0.3, 0.4) is 0 Å². The van der Waals surface area contributed by atoms with Crippen molar-refractivity contribution in [2.45, 2.75) is 63.9 Å². The van der Waals surface area contributed by atoms with Gasteiger partial charge in [0.15, 0.2) is 5.96 Å². The number of aliphatic imine (C=N–C) groups is 1. The van der Waals surface area contributed by atoms with Gasteiger partial charge in [0.1, 0.15) is 0 Å². The van der Waals surface area contributed by atoms with Gasteiger partial charge in [-0.05, 0) is 25.2 Å². The lowest BCUT2D eigenvalue weighted by molar-refractivity contribution is 0.0420. The van der Waals surface area contributed by atoms with E-state index >= 15 is 0 Å². The van der Waals surface area contributed by atoms with E-state index in [0.29, 0.717) is 6.10 Å². The Balaban J connectivity index is 0.00000288. The molecule has 0 amide bonds. The molecule has 2 fully saturated rings. The van der Waals surface area contributed by atoms with Crippen molar-refractivity contribution in [2.75, 3.05) is 40.0 Å². The predicted octanol–water partition coefficient (Wildman–Crippen LogP) is 3.33. The fraction of sp³-hybridized carbons (Fsp3) is 0.944. The Bertz CT molecular complexity index is 302. The van der Waals surface area contributed by atoms with Crippen LogP contribution in [0, 0.1) is 5.92 Å². The molecule has 24 heavy (non-hydrogen) atoms. The van der Waals surface area contributed by atoms with E-state index in [2.05, 4.69) is 15.6 Å². The van der Waals surface area contributed by atoms with Crippen molar-refractivity contribution in [1.29, 1.82) is 0 Å². The molecule has 1 aliphatic carbocycles. The summed E-state index contributed by atoms with van der Waals surface area (Å²) in [5.41, 5.74) is 0. The third kappa shape index (κ3) is 9.42. The maximum Gasteiger partial charge on any atom is 0.190 e. The number of nitrogens with one attached hydrogen (secondary N) is 2. The zero-order valence-electron chi connectivity index (χ0n) is 15.2. The average Bonchev–Trinajstić information content (AvgIpc) is 3.26. The van der Waals surface area contributed by atoms with Gasteiger partial charge in [-0.3, -0.25) is 4.99 Å². The number of nitrogens with zero attached hydrogens (tertiary/aromatic N) is 1. The molecule has 1 saturated carbocycles. The predicted molar refractivity (Wildman–Crippen MR) is 110 cm³/mol. The Kier molecular flexibility index (Phi) is 12.9. The van der Waals surface area contributed by atoms with Gasteiger partial charge in [0.25, 0.3) is 0 Å². The van der Waals surface area contributed by atoms with Crippen molar-refractivity contribution in [3.05, 3.63) is 0 Å². The Morgan fingerprint density at radius 3 is 2.50 bits per heavy atom. The maximum absolute atomic E-state index is 5.75. The highest BCUT2D eigenvalue weighted by atomic mass is 127. The fourth-order valence-corrected chi connectivity index (χ4v) is 3.46. The van der Waals surface area contributed by atoms with E-state index in [0.717, 1.165) is 57.6 Å². The molecule has 1 saturated heterocycles. The SMILES string of the molecule is CN=C(NCCCCC1CCCC1)NCCCOC1CCOC1.I. The first kappa shape index (κ1) is 22.0. The summed E-state index contributed by atoms with van der Waals surface area (Å²) in [5, 5.41) is 6.76. The first-order valence-electron chi connectivity index (χ1n) is 9.52. The van der Waals surface area contributed by atoms with Crippen LogP contribution in [-0.4, -0.2) is 52.0 Å². The van der Waals surface area contributed by atoms with Gasteiger partial charge in [0.05, 0.1) is 12.7 Å². The van der Waals surface area contributed by atoms with Gasteiger partial charge in [-0.25, -0.2) is 0 Å². The Morgan fingerprint density at radius 1 is 1.08 bits per heavy atom. The summed E-state index contributed by atoms with van der Waals surface area (Å²) in [6.45, 7) is 4.31. The van der Waals surface area contributed by atoms with Crippen molar-refractivity contribution in [3.63, 3.8) is 0 Å². The molecule has 0 aromatic rings. The minimum atomic E-state index is 0. The average molecular weight is 453 g/mol. The first-order valence-corrected chi connectivity index (χ1v) is 9.52. The van der Waals surface area contributed by atoms with E-state index < -0.39 is 0 Å². The summed E-state index contributed by atoms with van der Waals surface area (Å²) in [4.78, 5) is 4.27. The molecule has 5 nitrogen and oxygen atoms in total. The van der Waals surface area contributed by atoms with E-state index in [1.54, 1.807) is 0 Å². The standard InChI is InChI=1S/C18H35N3O2.HI/c1-19-18(20-11-5-4-9-16-7-2-3-8-16)21-12-6-13-23-17-10-14-22-15-17;/h16-17H,2-15H2,1H3,(H2,19,20,21);1H. The van der Waals surface area contributed by atoms with Crippen molar-refractivity contribution >= 4 is 29.9 Å². The molecular weight excluding hydrogens is 417 g/mol. The van der Waals surface area contributed by atoms with Gasteiger partial charge in [-0.1, -0.05) is 38.5 Å². The lowest BCUT2D eigenvalue weighted by atomic mass is 10.0. The molecule has 142 valence electrons. The number of hydrogen-bond acceptors (Lipinski definition) is 3. The first-order chi connectivity index (χ1) is 11.4. The molecule has 2 aliphatic rings. The van der Waals surface area contributed by atoms with Crippen LogP contribution in [0.1, 0.15) is 57.8 Å². The Morgan fingerprint density at radius 2 is 1.83 bits per heavy atom. The van der Waals surface area contributed by atoms with Gasteiger partial charge in [0, 0.05) is 33.4 Å². The van der Waals surface area contributed by atoms with Crippen LogP contribution in [0.4, 0.5) is 0 Å². The molecule has 1 unspecified atom stereocenters. The van der Waals surface area contributed by atoms with Crippen molar-refractivity contribution in [3.8, 4) is 0 Å². The van der Waals surface area contributed by atoms with Crippen molar-refractivity contribution in [1.82, 2.24) is 10.6 Å². The molecule has 1 aliphatic heterocycles. The summed E-state index contributed by atoms with van der Waals surface area (Å²) in [6.07, 6.45) is 12.2. The van der Waals surface area contributed by atoms with Crippen LogP contribution >= 0.6 is 24.0 Å². The van der Waals surface area contributed by atoms with Crippen molar-refractivity contribution in [2.24, 2.45) is 10.9 Å². The lowest BCUT2D eigenvalue weighted by Crippen LogP contribution is -2.38. The van der Waals surface area contributed by atoms with Crippen LogP contribution in [-0.2, 0) is 9.47 Å². The van der Waals surface area contributed by atoms with E-state index in [1.807, 2.05) is 7.05 Å². The number of ether oxygens (including phenoxy) is 2. The summed E-state index contributed by atoms with van der Waals surface area (Å²) >= 11 is 0. The van der Waals surface area contributed by atoms with Gasteiger partial charge in [-0.15, -0.1) is 24.0 Å². The molecule has 0 radical (unpaired) electrons. The second kappa shape index (κ2) is 14.1. The fourth-order valence-electron chi connectivity index (χ4n) is 3.46. The lowest BCUT2D eigenvalue weighted by Gasteiger charge is -2.13. The molecular formula is C18H36IN3O2. The van der Waals surface area contributed by atoms with E-state index in [-0.39, 0.29) is 24.0 Å². The van der Waals surface area contributed by atoms with Crippen LogP contribution in [0.5, 0.6) is 0 Å². The van der Waals surface area contributed by atoms with Gasteiger partial charge < -0.3 is 20.1 Å². The third-order valence-electron chi connectivity index (χ3n) is 4.88. The third-order valence-corrected chi connectivity index (χ3v) is 4.88. The van der Waals surface area contributed by atoms with Crippen LogP contribution in [0.2, 0.25) is 0 Å². The number of unbranched alkanes of at least 4 members (excludes halogenated alkanes) is 1. The minimum Gasteiger partial charge on any atom is -0.379 e. The molecule has 2 rings (SSSR count). The Hall–Kier alpha value is -0.0800. The molecule has 6 heteroatoms. The highest BCUT2D eigenvalue weighted by Gasteiger charge is 2.15. The topological polar surface area (TPSA) is 54.9 Å². The summed E-state index contributed by atoms with van der Waals surface area (Å²) in [7, 11) is 1.83. The second-order valence-corrected chi connectivity index (χ2v) is 6.78. The molecule has 0 aromatic heterocycles. The van der Waals surface area contributed by atoms with E-state index in [9.17, 15) is 0 Å². The van der Waals surface area contributed by atoms with Crippen LogP contribution in [0.25, 0.3) is 0 Å². The van der Waals surface area contributed by atoms with Gasteiger partial charge in [-0.2, -0.15) is 0 Å². The maximum atomic E-state index is 5.75. The van der Waals surface area contributed by atoms with Gasteiger partial charge in [0.2, 0.25) is 0 Å². The number of guanidine groups is 1. The highest BCUT2D eigenvalue weighted by Crippen LogP contribution is 2.28. The molecule has 1 heterocycles. The summed E-state index contributed by atoms with van der Waals surface area (Å²) < 4.78 is 11.1.